The molecular formula is C19H20N6O2S. The van der Waals surface area contributed by atoms with Gasteiger partial charge in [-0.3, -0.25) is 9.36 Å². The van der Waals surface area contributed by atoms with Crippen molar-refractivity contribution in [2.45, 2.75) is 19.2 Å². The van der Waals surface area contributed by atoms with Crippen LogP contribution in [0.25, 0.3) is 16.8 Å². The first-order chi connectivity index (χ1) is 13.6. The summed E-state index contributed by atoms with van der Waals surface area (Å²) < 4.78 is 3.53. The molecule has 0 spiro atoms. The Kier molecular flexibility index (Phi) is 5.16. The molecule has 4 aromatic rings. The number of imidazole rings is 2. The van der Waals surface area contributed by atoms with E-state index in [0.29, 0.717) is 35.8 Å². The Morgan fingerprint density at radius 1 is 1.29 bits per heavy atom. The van der Waals surface area contributed by atoms with Gasteiger partial charge in [-0.2, -0.15) is 0 Å². The predicted octanol–water partition coefficient (Wildman–Crippen LogP) is 1.73. The number of nitrogens with zero attached hydrogens (tertiary/aromatic N) is 4. The number of pyridine rings is 2. The molecule has 28 heavy (non-hydrogen) atoms. The van der Waals surface area contributed by atoms with Crippen LogP contribution in [0.15, 0.2) is 47.7 Å². The molecule has 0 saturated carbocycles. The third-order valence-electron chi connectivity index (χ3n) is 4.32. The van der Waals surface area contributed by atoms with Gasteiger partial charge < -0.3 is 14.7 Å². The van der Waals surface area contributed by atoms with Crippen molar-refractivity contribution in [2.24, 2.45) is 0 Å². The van der Waals surface area contributed by atoms with Crippen LogP contribution in [0.5, 0.6) is 0 Å². The lowest BCUT2D eigenvalue weighted by Crippen LogP contribution is -2.31. The number of rotatable bonds is 7. The molecule has 0 aliphatic rings. The largest absolute Gasteiger partial charge is 0.354 e. The number of hydrogen-bond donors (Lipinski definition) is 2. The molecule has 0 aromatic carbocycles. The smallest absolute Gasteiger partial charge is 0.327 e. The monoisotopic (exact) mass is 396 g/mol. The maximum Gasteiger partial charge on any atom is 0.327 e. The molecule has 9 heteroatoms. The molecular weight excluding hydrogens is 376 g/mol. The van der Waals surface area contributed by atoms with Crippen LogP contribution in [0.1, 0.15) is 11.3 Å². The normalized spacial score (nSPS) is 11.3. The SMILES string of the molecule is Cc1ccc2nc(CSCC(=O)NCCn3c(=O)[nH]c4cccnc43)cn2c1. The Labute approximate surface area is 165 Å². The quantitative estimate of drug-likeness (QED) is 0.496. The van der Waals surface area contributed by atoms with Gasteiger partial charge in [0.15, 0.2) is 5.65 Å². The van der Waals surface area contributed by atoms with Gasteiger partial charge in [0.2, 0.25) is 5.91 Å². The first-order valence-electron chi connectivity index (χ1n) is 8.92. The number of aromatic nitrogens is 5. The molecule has 8 nitrogen and oxygen atoms in total. The second-order valence-corrected chi connectivity index (χ2v) is 7.49. The Hall–Kier alpha value is -3.07. The second kappa shape index (κ2) is 7.89. The summed E-state index contributed by atoms with van der Waals surface area (Å²) in [6.07, 6.45) is 5.66. The van der Waals surface area contributed by atoms with Crippen molar-refractivity contribution in [3.8, 4) is 0 Å². The van der Waals surface area contributed by atoms with Crippen LogP contribution in [0.3, 0.4) is 0 Å². The first-order valence-corrected chi connectivity index (χ1v) is 10.1. The van der Waals surface area contributed by atoms with Gasteiger partial charge in [-0.05, 0) is 30.7 Å². The molecule has 4 rings (SSSR count). The number of aryl methyl sites for hydroxylation is 1. The number of thioether (sulfide) groups is 1. The highest BCUT2D eigenvalue weighted by Gasteiger charge is 2.08. The van der Waals surface area contributed by atoms with Crippen molar-refractivity contribution >= 4 is 34.5 Å². The van der Waals surface area contributed by atoms with Crippen molar-refractivity contribution < 1.29 is 4.79 Å². The molecule has 0 atom stereocenters. The fourth-order valence-electron chi connectivity index (χ4n) is 3.03. The number of carbonyl (C=O) groups excluding carboxylic acids is 1. The van der Waals surface area contributed by atoms with Crippen LogP contribution in [-0.2, 0) is 17.1 Å². The zero-order valence-corrected chi connectivity index (χ0v) is 16.2. The zero-order chi connectivity index (χ0) is 19.5. The second-order valence-electron chi connectivity index (χ2n) is 6.50. The van der Waals surface area contributed by atoms with E-state index in [1.54, 1.807) is 18.3 Å². The van der Waals surface area contributed by atoms with Gasteiger partial charge in [0.05, 0.1) is 17.0 Å². The minimum Gasteiger partial charge on any atom is -0.354 e. The van der Waals surface area contributed by atoms with E-state index >= 15 is 0 Å². The third kappa shape index (κ3) is 3.94. The van der Waals surface area contributed by atoms with Crippen LogP contribution < -0.4 is 11.0 Å². The molecule has 4 heterocycles. The van der Waals surface area contributed by atoms with E-state index in [1.807, 2.05) is 35.9 Å². The number of carbonyl (C=O) groups is 1. The minimum absolute atomic E-state index is 0.0644. The number of fused-ring (bicyclic) bond motifs is 2. The highest BCUT2D eigenvalue weighted by Crippen LogP contribution is 2.13. The maximum atomic E-state index is 12.1. The number of amides is 1. The lowest BCUT2D eigenvalue weighted by atomic mass is 10.3. The molecule has 0 aliphatic carbocycles. The number of H-pyrrole nitrogens is 1. The Morgan fingerprint density at radius 2 is 2.18 bits per heavy atom. The van der Waals surface area contributed by atoms with Crippen LogP contribution in [-0.4, -0.2) is 42.1 Å². The summed E-state index contributed by atoms with van der Waals surface area (Å²) in [5.41, 5.74) is 4.09. The Balaban J connectivity index is 1.25. The van der Waals surface area contributed by atoms with Crippen molar-refractivity contribution in [3.63, 3.8) is 0 Å². The molecule has 0 saturated heterocycles. The van der Waals surface area contributed by atoms with E-state index in [9.17, 15) is 9.59 Å². The molecule has 0 fully saturated rings. The molecule has 4 aromatic heterocycles. The fourth-order valence-corrected chi connectivity index (χ4v) is 3.77. The zero-order valence-electron chi connectivity index (χ0n) is 15.4. The van der Waals surface area contributed by atoms with Gasteiger partial charge in [-0.15, -0.1) is 11.8 Å². The summed E-state index contributed by atoms with van der Waals surface area (Å²) in [4.78, 5) is 35.5. The first kappa shape index (κ1) is 18.3. The van der Waals surface area contributed by atoms with Crippen molar-refractivity contribution in [3.05, 3.63) is 64.6 Å². The van der Waals surface area contributed by atoms with Crippen LogP contribution >= 0.6 is 11.8 Å². The molecule has 0 bridgehead atoms. The molecule has 0 aliphatic heterocycles. The molecule has 0 unspecified atom stereocenters. The topological polar surface area (TPSA) is 97.1 Å². The van der Waals surface area contributed by atoms with Gasteiger partial charge >= 0.3 is 5.69 Å². The summed E-state index contributed by atoms with van der Waals surface area (Å²) in [7, 11) is 0. The number of hydrogen-bond acceptors (Lipinski definition) is 5. The number of aromatic amines is 1. The third-order valence-corrected chi connectivity index (χ3v) is 5.28. The lowest BCUT2D eigenvalue weighted by molar-refractivity contribution is -0.118. The van der Waals surface area contributed by atoms with E-state index < -0.39 is 0 Å². The standard InChI is InChI=1S/C19H20N6O2S/c1-13-4-5-16-22-14(10-24(16)9-13)11-28-12-17(26)20-7-8-25-18-15(23-19(25)27)3-2-6-21-18/h2-6,9-10H,7-8,11-12H2,1H3,(H,20,26)(H,23,27). The molecule has 0 radical (unpaired) electrons. The average molecular weight is 396 g/mol. The van der Waals surface area contributed by atoms with Gasteiger partial charge in [-0.1, -0.05) is 6.07 Å². The highest BCUT2D eigenvalue weighted by molar-refractivity contribution is 7.99. The Bertz CT molecular complexity index is 1190. The van der Waals surface area contributed by atoms with Crippen LogP contribution in [0.4, 0.5) is 0 Å². The molecule has 144 valence electrons. The summed E-state index contributed by atoms with van der Waals surface area (Å²) in [5.74, 6) is 0.943. The molecule has 1 amide bonds. The van der Waals surface area contributed by atoms with E-state index in [1.165, 1.54) is 21.9 Å². The maximum absolute atomic E-state index is 12.1. The van der Waals surface area contributed by atoms with Crippen LogP contribution in [0, 0.1) is 6.92 Å². The number of nitrogens with one attached hydrogen (secondary N) is 2. The van der Waals surface area contributed by atoms with Gasteiger partial charge in [0.1, 0.15) is 5.65 Å². The minimum atomic E-state index is -0.223. The average Bonchev–Trinajstić information content (AvgIpc) is 3.21. The predicted molar refractivity (Wildman–Crippen MR) is 109 cm³/mol. The summed E-state index contributed by atoms with van der Waals surface area (Å²) >= 11 is 1.51. The van der Waals surface area contributed by atoms with Crippen molar-refractivity contribution in [1.82, 2.24) is 29.2 Å². The van der Waals surface area contributed by atoms with E-state index in [-0.39, 0.29) is 11.6 Å². The lowest BCUT2D eigenvalue weighted by Gasteiger charge is -2.05. The van der Waals surface area contributed by atoms with Crippen LogP contribution in [0.2, 0.25) is 0 Å². The van der Waals surface area contributed by atoms with E-state index in [2.05, 4.69) is 20.3 Å². The van der Waals surface area contributed by atoms with Crippen molar-refractivity contribution in [1.29, 1.82) is 0 Å². The van der Waals surface area contributed by atoms with Gasteiger partial charge in [0.25, 0.3) is 0 Å². The van der Waals surface area contributed by atoms with Gasteiger partial charge in [-0.25, -0.2) is 14.8 Å². The summed E-state index contributed by atoms with van der Waals surface area (Å²) in [5, 5.41) is 2.85. The molecule has 2 N–H and O–H groups in total. The van der Waals surface area contributed by atoms with Crippen molar-refractivity contribution in [2.75, 3.05) is 12.3 Å². The van der Waals surface area contributed by atoms with Gasteiger partial charge in [0, 0.05) is 37.4 Å². The summed E-state index contributed by atoms with van der Waals surface area (Å²) in [6, 6.07) is 7.58. The Morgan fingerprint density at radius 3 is 3.07 bits per heavy atom. The highest BCUT2D eigenvalue weighted by atomic mass is 32.2. The summed E-state index contributed by atoms with van der Waals surface area (Å²) in [6.45, 7) is 2.78. The van der Waals surface area contributed by atoms with E-state index in [4.69, 9.17) is 0 Å². The fraction of sp³-hybridized carbons (Fsp3) is 0.263. The van der Waals surface area contributed by atoms with E-state index in [0.717, 1.165) is 11.3 Å².